The number of nitrogens with one attached hydrogen (secondary N) is 1. The van der Waals surface area contributed by atoms with Crippen molar-refractivity contribution in [2.24, 2.45) is 0 Å². The van der Waals surface area contributed by atoms with Gasteiger partial charge >= 0.3 is 0 Å². The van der Waals surface area contributed by atoms with Crippen LogP contribution in [-0.2, 0) is 0 Å². The van der Waals surface area contributed by atoms with E-state index in [-0.39, 0.29) is 11.6 Å². The number of hydrogen-bond donors (Lipinski definition) is 2. The molecule has 3 rings (SSSR count). The van der Waals surface area contributed by atoms with E-state index in [4.69, 9.17) is 0 Å². The molecule has 0 saturated heterocycles. The van der Waals surface area contributed by atoms with Gasteiger partial charge in [0.15, 0.2) is 0 Å². The Kier molecular flexibility index (Phi) is 2.11. The fourth-order valence-electron chi connectivity index (χ4n) is 1.90. The van der Waals surface area contributed by atoms with Crippen LogP contribution >= 0.6 is 0 Å². The van der Waals surface area contributed by atoms with Crippen LogP contribution in [0, 0.1) is 5.82 Å². The molecule has 0 radical (unpaired) electrons. The third kappa shape index (κ3) is 1.76. The number of benzene rings is 2. The highest BCUT2D eigenvalue weighted by Crippen LogP contribution is 2.25. The fourth-order valence-corrected chi connectivity index (χ4v) is 1.90. The van der Waals surface area contributed by atoms with Crippen LogP contribution in [-0.4, -0.2) is 10.1 Å². The Hall–Kier alpha value is -2.29. The van der Waals surface area contributed by atoms with E-state index in [2.05, 4.69) is 4.98 Å². The van der Waals surface area contributed by atoms with Crippen molar-refractivity contribution in [1.29, 1.82) is 0 Å². The molecule has 0 spiro atoms. The number of rotatable bonds is 1. The molecule has 0 fully saturated rings. The molecule has 0 aliphatic heterocycles. The summed E-state index contributed by atoms with van der Waals surface area (Å²) < 4.78 is 13.0. The summed E-state index contributed by atoms with van der Waals surface area (Å²) >= 11 is 0. The highest BCUT2D eigenvalue weighted by Gasteiger charge is 2.04. The Morgan fingerprint density at radius 3 is 2.47 bits per heavy atom. The van der Waals surface area contributed by atoms with Gasteiger partial charge in [-0.3, -0.25) is 0 Å². The number of aromatic nitrogens is 1. The van der Waals surface area contributed by atoms with Crippen LogP contribution < -0.4 is 0 Å². The zero-order valence-electron chi connectivity index (χ0n) is 8.94. The van der Waals surface area contributed by atoms with Crippen LogP contribution in [0.3, 0.4) is 0 Å². The first-order valence-electron chi connectivity index (χ1n) is 5.30. The van der Waals surface area contributed by atoms with Crippen LogP contribution in [0.15, 0.2) is 48.5 Å². The van der Waals surface area contributed by atoms with E-state index in [1.807, 2.05) is 18.2 Å². The first-order chi connectivity index (χ1) is 8.22. The lowest BCUT2D eigenvalue weighted by molar-refractivity contribution is 0.475. The molecular formula is C14H10FNO. The lowest BCUT2D eigenvalue weighted by Gasteiger charge is -1.97. The first kappa shape index (κ1) is 9.90. The second-order valence-corrected chi connectivity index (χ2v) is 3.96. The number of aromatic amines is 1. The maximum absolute atomic E-state index is 13.0. The van der Waals surface area contributed by atoms with E-state index in [9.17, 15) is 9.50 Å². The molecule has 84 valence electrons. The Morgan fingerprint density at radius 2 is 1.71 bits per heavy atom. The van der Waals surface area contributed by atoms with Crippen molar-refractivity contribution in [2.75, 3.05) is 0 Å². The summed E-state index contributed by atoms with van der Waals surface area (Å²) in [6.07, 6.45) is 0. The molecule has 3 aromatic rings. The molecule has 2 nitrogen and oxygen atoms in total. The van der Waals surface area contributed by atoms with E-state index in [0.29, 0.717) is 0 Å². The summed E-state index contributed by atoms with van der Waals surface area (Å²) in [6, 6.07) is 13.5. The summed E-state index contributed by atoms with van der Waals surface area (Å²) in [4.78, 5) is 3.15. The number of H-pyrrole nitrogens is 1. The molecule has 0 unspecified atom stereocenters. The van der Waals surface area contributed by atoms with Crippen molar-refractivity contribution in [3.05, 3.63) is 54.3 Å². The molecule has 0 aliphatic rings. The smallest absolute Gasteiger partial charge is 0.125 e. The summed E-state index contributed by atoms with van der Waals surface area (Å²) in [5.41, 5.74) is 2.64. The number of aromatic hydroxyl groups is 1. The molecule has 2 N–H and O–H groups in total. The Balaban J connectivity index is 2.14. The van der Waals surface area contributed by atoms with Crippen molar-refractivity contribution in [2.45, 2.75) is 0 Å². The number of halogens is 1. The van der Waals surface area contributed by atoms with Gasteiger partial charge < -0.3 is 10.1 Å². The van der Waals surface area contributed by atoms with E-state index >= 15 is 0 Å². The normalized spacial score (nSPS) is 10.9. The minimum absolute atomic E-state index is 0.232. The van der Waals surface area contributed by atoms with Gasteiger partial charge in [0.1, 0.15) is 11.6 Å². The quantitative estimate of drug-likeness (QED) is 0.653. The molecule has 2 aromatic carbocycles. The van der Waals surface area contributed by atoms with Crippen LogP contribution in [0.2, 0.25) is 0 Å². The summed E-state index contributed by atoms with van der Waals surface area (Å²) in [6.45, 7) is 0. The zero-order chi connectivity index (χ0) is 11.8. The first-order valence-corrected chi connectivity index (χ1v) is 5.30. The highest BCUT2D eigenvalue weighted by atomic mass is 19.1. The van der Waals surface area contributed by atoms with Gasteiger partial charge in [0.05, 0.1) is 0 Å². The molecule has 3 heteroatoms. The molecule has 0 bridgehead atoms. The number of phenolic OH excluding ortho intramolecular Hbond substituents is 1. The predicted molar refractivity (Wildman–Crippen MR) is 65.4 cm³/mol. The highest BCUT2D eigenvalue weighted by molar-refractivity contribution is 5.85. The standard InChI is InChI=1S/C14H10FNO/c15-11-4-1-10-7-13(16-14(10)8-11)9-2-5-12(17)6-3-9/h1-8,16-17H. The Bertz CT molecular complexity index is 670. The molecule has 0 amide bonds. The fraction of sp³-hybridized carbons (Fsp3) is 0. The molecule has 0 atom stereocenters. The van der Waals surface area contributed by atoms with Crippen molar-refractivity contribution >= 4 is 10.9 Å². The van der Waals surface area contributed by atoms with Gasteiger partial charge in [-0.25, -0.2) is 4.39 Å². The van der Waals surface area contributed by atoms with Gasteiger partial charge in [-0.2, -0.15) is 0 Å². The molecule has 0 aliphatic carbocycles. The lowest BCUT2D eigenvalue weighted by atomic mass is 10.1. The van der Waals surface area contributed by atoms with Gasteiger partial charge in [-0.05, 0) is 54.1 Å². The van der Waals surface area contributed by atoms with Gasteiger partial charge in [-0.1, -0.05) is 0 Å². The van der Waals surface area contributed by atoms with Crippen molar-refractivity contribution < 1.29 is 9.50 Å². The third-order valence-corrected chi connectivity index (χ3v) is 2.76. The van der Waals surface area contributed by atoms with Gasteiger partial charge in [0.25, 0.3) is 0 Å². The van der Waals surface area contributed by atoms with E-state index < -0.39 is 0 Å². The molecular weight excluding hydrogens is 217 g/mol. The van der Waals surface area contributed by atoms with Crippen LogP contribution in [0.5, 0.6) is 5.75 Å². The second kappa shape index (κ2) is 3.63. The van der Waals surface area contributed by atoms with E-state index in [0.717, 1.165) is 22.2 Å². The van der Waals surface area contributed by atoms with Crippen molar-refractivity contribution in [1.82, 2.24) is 4.98 Å². The molecule has 1 aromatic heterocycles. The number of hydrogen-bond acceptors (Lipinski definition) is 1. The second-order valence-electron chi connectivity index (χ2n) is 3.96. The SMILES string of the molecule is Oc1ccc(-c2cc3ccc(F)cc3[nH]2)cc1. The maximum atomic E-state index is 13.0. The topological polar surface area (TPSA) is 36.0 Å². The molecule has 17 heavy (non-hydrogen) atoms. The summed E-state index contributed by atoms with van der Waals surface area (Å²) in [5, 5.41) is 10.2. The largest absolute Gasteiger partial charge is 0.508 e. The lowest BCUT2D eigenvalue weighted by Crippen LogP contribution is -1.76. The van der Waals surface area contributed by atoms with Gasteiger partial charge in [0, 0.05) is 16.6 Å². The van der Waals surface area contributed by atoms with Crippen LogP contribution in [0.25, 0.3) is 22.2 Å². The van der Waals surface area contributed by atoms with Crippen molar-refractivity contribution in [3.63, 3.8) is 0 Å². The van der Waals surface area contributed by atoms with Crippen LogP contribution in [0.4, 0.5) is 4.39 Å². The van der Waals surface area contributed by atoms with E-state index in [1.54, 1.807) is 18.2 Å². The van der Waals surface area contributed by atoms with E-state index in [1.165, 1.54) is 12.1 Å². The monoisotopic (exact) mass is 227 g/mol. The predicted octanol–water partition coefficient (Wildman–Crippen LogP) is 3.68. The van der Waals surface area contributed by atoms with Gasteiger partial charge in [-0.15, -0.1) is 0 Å². The van der Waals surface area contributed by atoms with Crippen molar-refractivity contribution in [3.8, 4) is 17.0 Å². The number of phenols is 1. The van der Waals surface area contributed by atoms with Crippen LogP contribution in [0.1, 0.15) is 0 Å². The average Bonchev–Trinajstić information content (AvgIpc) is 2.72. The Morgan fingerprint density at radius 1 is 0.941 bits per heavy atom. The average molecular weight is 227 g/mol. The zero-order valence-corrected chi connectivity index (χ0v) is 8.94. The summed E-state index contributed by atoms with van der Waals surface area (Å²) in [7, 11) is 0. The van der Waals surface area contributed by atoms with Gasteiger partial charge in [0.2, 0.25) is 0 Å². The minimum Gasteiger partial charge on any atom is -0.508 e. The molecule has 1 heterocycles. The molecule has 0 saturated carbocycles. The Labute approximate surface area is 97.3 Å². The number of fused-ring (bicyclic) bond motifs is 1. The maximum Gasteiger partial charge on any atom is 0.125 e. The summed E-state index contributed by atoms with van der Waals surface area (Å²) in [5.74, 6) is -0.0208. The third-order valence-electron chi connectivity index (χ3n) is 2.76. The minimum atomic E-state index is -0.253.